The van der Waals surface area contributed by atoms with Gasteiger partial charge in [-0.2, -0.15) is 12.6 Å². The van der Waals surface area contributed by atoms with Crippen molar-refractivity contribution in [1.29, 1.82) is 0 Å². The molecule has 0 saturated carbocycles. The molecule has 0 bridgehead atoms. The van der Waals surface area contributed by atoms with Crippen LogP contribution < -0.4 is 22.1 Å². The van der Waals surface area contributed by atoms with Crippen molar-refractivity contribution < 1.29 is 48.1 Å². The molecule has 2 heterocycles. The lowest BCUT2D eigenvalue weighted by Gasteiger charge is -2.14. The first-order chi connectivity index (χ1) is 25.2. The lowest BCUT2D eigenvalue weighted by molar-refractivity contribution is -0.145. The molecule has 310 valence electrons. The molecular weight excluding hydrogens is 785 g/mol. The van der Waals surface area contributed by atoms with Gasteiger partial charge in [0.15, 0.2) is 0 Å². The molecule has 2 saturated heterocycles. The van der Waals surface area contributed by atoms with Gasteiger partial charge in [0.05, 0.1) is 21.3 Å². The number of unbranched alkanes of at least 4 members (excludes halogenated alkanes) is 2. The van der Waals surface area contributed by atoms with Gasteiger partial charge < -0.3 is 41.4 Å². The second-order valence-corrected chi connectivity index (χ2v) is 17.9. The molecule has 19 heteroatoms. The summed E-state index contributed by atoms with van der Waals surface area (Å²) in [6.45, 7) is 5.45. The van der Waals surface area contributed by atoms with Crippen molar-refractivity contribution in [2.24, 2.45) is 11.5 Å². The standard InChI is InChI=1S/C13H23NO3S2.C12H21NO3S2.C5H11NO2.C4H9NO2S/c1-3-11(13(16)17-2)14-12(15)7-5-4-6-10-8-9-18-19-10;1-2-10(12(15)16)13-11(14)6-4-3-5-9-7-8-17-18-9;1-3-4(6)5(7)8-2;1-7-4(6)3(5)2-8/h10-11H,3-9H2,1-2H3,(H,14,15);9-10H,2-8H2,1H3,(H,13,14)(H,15,16);4H,3,6H2,1-2H3;3,8H,2,5H2,1H3. The zero-order valence-corrected chi connectivity index (χ0v) is 36.3. The number of methoxy groups -OCH3 is 3. The summed E-state index contributed by atoms with van der Waals surface area (Å²) < 4.78 is 13.3. The predicted molar refractivity (Wildman–Crippen MR) is 222 cm³/mol. The van der Waals surface area contributed by atoms with Gasteiger partial charge >= 0.3 is 23.9 Å². The van der Waals surface area contributed by atoms with E-state index in [1.807, 2.05) is 57.0 Å². The van der Waals surface area contributed by atoms with Crippen LogP contribution in [0, 0.1) is 0 Å². The van der Waals surface area contributed by atoms with Crippen molar-refractivity contribution in [1.82, 2.24) is 10.6 Å². The number of ether oxygens (including phenoxy) is 3. The molecule has 6 unspecified atom stereocenters. The van der Waals surface area contributed by atoms with E-state index in [9.17, 15) is 28.8 Å². The fourth-order valence-electron chi connectivity index (χ4n) is 4.33. The van der Waals surface area contributed by atoms with E-state index in [-0.39, 0.29) is 23.8 Å². The summed E-state index contributed by atoms with van der Waals surface area (Å²) in [5, 5.41) is 15.6. The van der Waals surface area contributed by atoms with Crippen LogP contribution in [0.25, 0.3) is 0 Å². The van der Waals surface area contributed by atoms with Crippen LogP contribution in [0.5, 0.6) is 0 Å². The Morgan fingerprint density at radius 3 is 1.38 bits per heavy atom. The summed E-state index contributed by atoms with van der Waals surface area (Å²) in [5.74, 6) is 0.559. The number of carboxylic acid groups (broad SMARTS) is 1. The average Bonchev–Trinajstić information content (AvgIpc) is 3.90. The fraction of sp³-hybridized carbons (Fsp3) is 0.824. The van der Waals surface area contributed by atoms with Crippen LogP contribution in [0.3, 0.4) is 0 Å². The maximum Gasteiger partial charge on any atom is 0.328 e. The van der Waals surface area contributed by atoms with E-state index in [0.29, 0.717) is 37.9 Å². The predicted octanol–water partition coefficient (Wildman–Crippen LogP) is 4.76. The van der Waals surface area contributed by atoms with Gasteiger partial charge in [-0.1, -0.05) is 76.8 Å². The van der Waals surface area contributed by atoms with Crippen LogP contribution in [-0.4, -0.2) is 114 Å². The maximum atomic E-state index is 11.7. The summed E-state index contributed by atoms with van der Waals surface area (Å²) in [7, 11) is 11.8. The normalized spacial score (nSPS) is 18.1. The Bertz CT molecular complexity index is 1020. The van der Waals surface area contributed by atoms with E-state index in [1.165, 1.54) is 58.5 Å². The second-order valence-electron chi connectivity index (χ2n) is 11.9. The van der Waals surface area contributed by atoms with Crippen molar-refractivity contribution in [3.8, 4) is 0 Å². The quantitative estimate of drug-likeness (QED) is 0.0319. The Labute approximate surface area is 337 Å². The highest BCUT2D eigenvalue weighted by Gasteiger charge is 2.21. The molecular formula is C34H64N4O10S5. The number of carboxylic acids is 1. The third-order valence-corrected chi connectivity index (χ3v) is 14.1. The maximum absolute atomic E-state index is 11.7. The first kappa shape index (κ1) is 53.6. The van der Waals surface area contributed by atoms with Crippen LogP contribution in [0.15, 0.2) is 0 Å². The van der Waals surface area contributed by atoms with Gasteiger partial charge in [-0.15, -0.1) is 0 Å². The van der Waals surface area contributed by atoms with Crippen molar-refractivity contribution >= 4 is 91.5 Å². The van der Waals surface area contributed by atoms with Crippen LogP contribution >= 0.6 is 55.8 Å². The molecule has 2 rings (SSSR count). The van der Waals surface area contributed by atoms with E-state index >= 15 is 0 Å². The number of nitrogens with one attached hydrogen (secondary N) is 2. The average molecular weight is 849 g/mol. The Morgan fingerprint density at radius 2 is 1.09 bits per heavy atom. The monoisotopic (exact) mass is 848 g/mol. The molecule has 0 aromatic carbocycles. The van der Waals surface area contributed by atoms with Crippen molar-refractivity contribution in [2.75, 3.05) is 38.6 Å². The topological polar surface area (TPSA) is 226 Å². The van der Waals surface area contributed by atoms with Crippen molar-refractivity contribution in [2.45, 2.75) is 139 Å². The van der Waals surface area contributed by atoms with Gasteiger partial charge in [0.1, 0.15) is 24.2 Å². The molecule has 7 N–H and O–H groups in total. The SMILES string of the molecule is CCC(N)C(=O)OC.CCC(NC(=O)CCCCC1CCSS1)C(=O)O.CCC(NC(=O)CCCCC1CCSS1)C(=O)OC.COC(=O)C(N)CS. The molecule has 0 aromatic rings. The molecule has 2 amide bonds. The first-order valence-electron chi connectivity index (χ1n) is 18.0. The number of carbonyl (C=O) groups is 6. The highest BCUT2D eigenvalue weighted by Crippen LogP contribution is 2.40. The molecule has 6 atom stereocenters. The number of carbonyl (C=O) groups excluding carboxylic acids is 5. The first-order valence-corrected chi connectivity index (χ1v) is 23.4. The minimum Gasteiger partial charge on any atom is -0.480 e. The summed E-state index contributed by atoms with van der Waals surface area (Å²) >= 11 is 3.78. The van der Waals surface area contributed by atoms with E-state index in [4.69, 9.17) is 16.6 Å². The lowest BCUT2D eigenvalue weighted by atomic mass is 10.1. The largest absolute Gasteiger partial charge is 0.480 e. The smallest absolute Gasteiger partial charge is 0.328 e. The van der Waals surface area contributed by atoms with Gasteiger partial charge in [-0.3, -0.25) is 19.2 Å². The molecule has 53 heavy (non-hydrogen) atoms. The van der Waals surface area contributed by atoms with Crippen molar-refractivity contribution in [3.05, 3.63) is 0 Å². The zero-order valence-electron chi connectivity index (χ0n) is 32.1. The molecule has 2 aliphatic heterocycles. The number of esters is 3. The van der Waals surface area contributed by atoms with Crippen LogP contribution in [0.2, 0.25) is 0 Å². The van der Waals surface area contributed by atoms with Gasteiger partial charge in [0.25, 0.3) is 0 Å². The van der Waals surface area contributed by atoms with Gasteiger partial charge in [0, 0.05) is 40.6 Å². The summed E-state index contributed by atoms with van der Waals surface area (Å²) in [6.07, 6.45) is 11.4. The molecule has 2 fully saturated rings. The third kappa shape index (κ3) is 28.5. The van der Waals surface area contributed by atoms with Gasteiger partial charge in [-0.25, -0.2) is 9.59 Å². The number of rotatable bonds is 20. The van der Waals surface area contributed by atoms with E-state index in [0.717, 1.165) is 36.2 Å². The number of amides is 2. The van der Waals surface area contributed by atoms with Crippen LogP contribution in [0.1, 0.15) is 104 Å². The summed E-state index contributed by atoms with van der Waals surface area (Å²) in [4.78, 5) is 66.1. The van der Waals surface area contributed by atoms with E-state index in [2.05, 4.69) is 37.5 Å². The molecule has 0 spiro atoms. The van der Waals surface area contributed by atoms with Crippen LogP contribution in [-0.2, 0) is 43.0 Å². The molecule has 0 aromatic heterocycles. The highest BCUT2D eigenvalue weighted by molar-refractivity contribution is 8.77. The number of hydrogen-bond donors (Lipinski definition) is 6. The number of hydrogen-bond acceptors (Lipinski definition) is 16. The van der Waals surface area contributed by atoms with E-state index in [1.54, 1.807) is 6.92 Å². The summed E-state index contributed by atoms with van der Waals surface area (Å²) in [5.41, 5.74) is 10.4. The molecule has 0 radical (unpaired) electrons. The number of nitrogens with two attached hydrogens (primary N) is 2. The van der Waals surface area contributed by atoms with Gasteiger partial charge in [0.2, 0.25) is 11.8 Å². The molecule has 14 nitrogen and oxygen atoms in total. The van der Waals surface area contributed by atoms with Crippen molar-refractivity contribution in [3.63, 3.8) is 0 Å². The van der Waals surface area contributed by atoms with E-state index < -0.39 is 36.1 Å². The van der Waals surface area contributed by atoms with Crippen LogP contribution in [0.4, 0.5) is 0 Å². The zero-order chi connectivity index (χ0) is 40.6. The number of thiol groups is 1. The Balaban J connectivity index is 0. The third-order valence-electron chi connectivity index (χ3n) is 7.73. The number of aliphatic carboxylic acids is 1. The van der Waals surface area contributed by atoms with Gasteiger partial charge in [-0.05, 0) is 57.8 Å². The Kier molecular flexibility index (Phi) is 35.3. The Hall–Kier alpha value is -1.51. The lowest BCUT2D eigenvalue weighted by Crippen LogP contribution is -2.40. The molecule has 2 aliphatic rings. The Morgan fingerprint density at radius 1 is 0.679 bits per heavy atom. The second kappa shape index (κ2) is 34.9. The summed E-state index contributed by atoms with van der Waals surface area (Å²) in [6, 6.07) is -2.26. The molecule has 0 aliphatic carbocycles. The minimum absolute atomic E-state index is 0.0503. The minimum atomic E-state index is -0.953. The fourth-order valence-corrected chi connectivity index (χ4v) is 10.5. The highest BCUT2D eigenvalue weighted by atomic mass is 33.1.